The first-order chi connectivity index (χ1) is 11.4. The number of ketones is 1. The van der Waals surface area contributed by atoms with E-state index in [0.717, 1.165) is 31.6 Å². The monoisotopic (exact) mass is 323 g/mol. The molecule has 3 fully saturated rings. The molecule has 0 radical (unpaired) electrons. The highest BCUT2D eigenvalue weighted by atomic mass is 16.1. The highest BCUT2D eigenvalue weighted by molar-refractivity contribution is 5.91. The van der Waals surface area contributed by atoms with Gasteiger partial charge in [0.05, 0.1) is 12.0 Å². The number of fused-ring (bicyclic) bond motifs is 5. The maximum absolute atomic E-state index is 11.9. The lowest BCUT2D eigenvalue weighted by atomic mass is 9.47. The Balaban J connectivity index is 1.71. The fourth-order valence-corrected chi connectivity index (χ4v) is 6.96. The molecule has 0 bridgehead atoms. The molecule has 0 unspecified atom stereocenters. The Kier molecular flexibility index (Phi) is 3.57. The molecule has 0 aromatic carbocycles. The molecule has 2 nitrogen and oxygen atoms in total. The molecule has 0 spiro atoms. The van der Waals surface area contributed by atoms with Gasteiger partial charge in [-0.3, -0.25) is 4.79 Å². The van der Waals surface area contributed by atoms with Crippen molar-refractivity contribution >= 4 is 5.78 Å². The number of nitriles is 1. The molecule has 24 heavy (non-hydrogen) atoms. The molecular weight excluding hydrogens is 294 g/mol. The van der Waals surface area contributed by atoms with Gasteiger partial charge in [-0.2, -0.15) is 5.26 Å². The van der Waals surface area contributed by atoms with Crippen LogP contribution in [0.3, 0.4) is 0 Å². The molecule has 128 valence electrons. The number of allylic oxidation sites excluding steroid dienone is 3. The van der Waals surface area contributed by atoms with Gasteiger partial charge in [0.15, 0.2) is 5.78 Å². The van der Waals surface area contributed by atoms with E-state index in [2.05, 4.69) is 32.9 Å². The Morgan fingerprint density at radius 1 is 1.21 bits per heavy atom. The molecule has 3 saturated carbocycles. The van der Waals surface area contributed by atoms with Crippen LogP contribution in [0.5, 0.6) is 0 Å². The zero-order chi connectivity index (χ0) is 17.1. The molecule has 0 amide bonds. The van der Waals surface area contributed by atoms with E-state index in [9.17, 15) is 10.1 Å². The Hall–Kier alpha value is -1.36. The van der Waals surface area contributed by atoms with E-state index >= 15 is 0 Å². The Morgan fingerprint density at radius 2 is 2.00 bits per heavy atom. The number of hydrogen-bond donors (Lipinski definition) is 0. The summed E-state index contributed by atoms with van der Waals surface area (Å²) in [6.45, 7) is 6.92. The topological polar surface area (TPSA) is 40.9 Å². The van der Waals surface area contributed by atoms with Gasteiger partial charge in [-0.05, 0) is 80.1 Å². The van der Waals surface area contributed by atoms with Crippen LogP contribution in [0.15, 0.2) is 23.3 Å². The molecule has 0 N–H and O–H groups in total. The van der Waals surface area contributed by atoms with E-state index in [1.165, 1.54) is 30.4 Å². The summed E-state index contributed by atoms with van der Waals surface area (Å²) >= 11 is 0. The summed E-state index contributed by atoms with van der Waals surface area (Å²) in [5.41, 5.74) is 3.22. The summed E-state index contributed by atoms with van der Waals surface area (Å²) in [6, 6.07) is 2.65. The third-order valence-electron chi connectivity index (χ3n) is 8.39. The lowest BCUT2D eigenvalue weighted by Gasteiger charge is -2.57. The lowest BCUT2D eigenvalue weighted by molar-refractivity contribution is -0.117. The van der Waals surface area contributed by atoms with Crippen molar-refractivity contribution in [2.75, 3.05) is 0 Å². The van der Waals surface area contributed by atoms with Crippen LogP contribution >= 0.6 is 0 Å². The second kappa shape index (κ2) is 5.32. The standard InChI is InChI=1S/C22H29NO/c1-4-14-11-19-17-6-5-15-12-16(24)7-9-21(15,2)18(17)8-10-22(19,3)20(14)13-23/h4,12,17-20H,5-11H2,1-3H3/t17-,18+,19+,20+,21+,22+/m1/s1. The third kappa shape index (κ3) is 1.97. The Labute approximate surface area is 146 Å². The minimum Gasteiger partial charge on any atom is -0.295 e. The maximum Gasteiger partial charge on any atom is 0.155 e. The fraction of sp³-hybridized carbons (Fsp3) is 0.727. The molecule has 2 heteroatoms. The van der Waals surface area contributed by atoms with Crippen molar-refractivity contribution in [3.63, 3.8) is 0 Å². The molecule has 4 rings (SSSR count). The zero-order valence-electron chi connectivity index (χ0n) is 15.3. The SMILES string of the molecule is CC=C1C[C@H]2[C@@H]3CCC4=CC(=O)CC[C@]4(C)[C@H]3CC[C@]2(C)[C@H]1C#N. The summed E-state index contributed by atoms with van der Waals surface area (Å²) < 4.78 is 0. The molecule has 4 aliphatic carbocycles. The number of rotatable bonds is 0. The van der Waals surface area contributed by atoms with E-state index in [0.29, 0.717) is 17.6 Å². The second-order valence-electron chi connectivity index (χ2n) is 9.14. The van der Waals surface area contributed by atoms with Gasteiger partial charge in [0, 0.05) is 6.42 Å². The number of carbonyl (C=O) groups is 1. The van der Waals surface area contributed by atoms with Crippen molar-refractivity contribution < 1.29 is 4.79 Å². The molecule has 0 aromatic heterocycles. The first-order valence-corrected chi connectivity index (χ1v) is 9.72. The van der Waals surface area contributed by atoms with E-state index in [-0.39, 0.29) is 16.7 Å². The van der Waals surface area contributed by atoms with Crippen LogP contribution in [-0.2, 0) is 4.79 Å². The van der Waals surface area contributed by atoms with E-state index in [1.807, 2.05) is 6.08 Å². The van der Waals surface area contributed by atoms with Gasteiger partial charge < -0.3 is 0 Å². The van der Waals surface area contributed by atoms with Crippen molar-refractivity contribution in [3.8, 4) is 6.07 Å². The predicted molar refractivity (Wildman–Crippen MR) is 95.0 cm³/mol. The van der Waals surface area contributed by atoms with Gasteiger partial charge in [-0.25, -0.2) is 0 Å². The van der Waals surface area contributed by atoms with Gasteiger partial charge in [0.2, 0.25) is 0 Å². The zero-order valence-corrected chi connectivity index (χ0v) is 15.3. The first kappa shape index (κ1) is 16.1. The minimum absolute atomic E-state index is 0.117. The van der Waals surface area contributed by atoms with Crippen LogP contribution in [-0.4, -0.2) is 5.78 Å². The van der Waals surface area contributed by atoms with Crippen LogP contribution in [0, 0.1) is 45.8 Å². The van der Waals surface area contributed by atoms with Crippen LogP contribution in [0.2, 0.25) is 0 Å². The van der Waals surface area contributed by atoms with Crippen molar-refractivity contribution in [2.45, 2.75) is 65.7 Å². The molecule has 0 aromatic rings. The van der Waals surface area contributed by atoms with E-state index in [1.54, 1.807) is 0 Å². The molecule has 4 aliphatic rings. The highest BCUT2D eigenvalue weighted by Gasteiger charge is 2.60. The summed E-state index contributed by atoms with van der Waals surface area (Å²) in [4.78, 5) is 11.9. The number of hydrogen-bond acceptors (Lipinski definition) is 2. The van der Waals surface area contributed by atoms with Crippen molar-refractivity contribution in [2.24, 2.45) is 34.5 Å². The normalized spacial score (nSPS) is 49.0. The summed E-state index contributed by atoms with van der Waals surface area (Å²) in [6.07, 6.45) is 11.8. The average molecular weight is 323 g/mol. The minimum atomic E-state index is 0.117. The summed E-state index contributed by atoms with van der Waals surface area (Å²) in [5.74, 6) is 2.55. The second-order valence-corrected chi connectivity index (χ2v) is 9.14. The molecular formula is C22H29NO. The smallest absolute Gasteiger partial charge is 0.155 e. The van der Waals surface area contributed by atoms with Crippen molar-refractivity contribution in [3.05, 3.63) is 23.3 Å². The van der Waals surface area contributed by atoms with E-state index < -0.39 is 0 Å². The Morgan fingerprint density at radius 3 is 2.71 bits per heavy atom. The third-order valence-corrected chi connectivity index (χ3v) is 8.39. The van der Waals surface area contributed by atoms with E-state index in [4.69, 9.17) is 0 Å². The van der Waals surface area contributed by atoms with Crippen molar-refractivity contribution in [1.29, 1.82) is 5.26 Å². The summed E-state index contributed by atoms with van der Waals surface area (Å²) in [5, 5.41) is 9.80. The van der Waals surface area contributed by atoms with Crippen LogP contribution in [0.4, 0.5) is 0 Å². The van der Waals surface area contributed by atoms with Crippen molar-refractivity contribution in [1.82, 2.24) is 0 Å². The van der Waals surface area contributed by atoms with Crippen LogP contribution < -0.4 is 0 Å². The van der Waals surface area contributed by atoms with Gasteiger partial charge in [0.1, 0.15) is 0 Å². The molecule has 0 aliphatic heterocycles. The molecule has 0 saturated heterocycles. The molecule has 6 atom stereocenters. The van der Waals surface area contributed by atoms with Crippen LogP contribution in [0.1, 0.15) is 65.7 Å². The largest absolute Gasteiger partial charge is 0.295 e. The Bertz CT molecular complexity index is 681. The van der Waals surface area contributed by atoms with Gasteiger partial charge in [-0.15, -0.1) is 0 Å². The quantitative estimate of drug-likeness (QED) is 0.574. The maximum atomic E-state index is 11.9. The lowest BCUT2D eigenvalue weighted by Crippen LogP contribution is -2.50. The predicted octanol–water partition coefficient (Wildman–Crippen LogP) is 5.21. The fourth-order valence-electron chi connectivity index (χ4n) is 6.96. The number of carbonyl (C=O) groups excluding carboxylic acids is 1. The van der Waals surface area contributed by atoms with Gasteiger partial charge in [-0.1, -0.05) is 31.1 Å². The first-order valence-electron chi connectivity index (χ1n) is 9.72. The van der Waals surface area contributed by atoms with Gasteiger partial charge >= 0.3 is 0 Å². The summed E-state index contributed by atoms with van der Waals surface area (Å²) in [7, 11) is 0. The molecule has 0 heterocycles. The highest BCUT2D eigenvalue weighted by Crippen LogP contribution is 2.67. The van der Waals surface area contributed by atoms with Crippen LogP contribution in [0.25, 0.3) is 0 Å². The number of nitrogens with zero attached hydrogens (tertiary/aromatic N) is 1. The average Bonchev–Trinajstić information content (AvgIpc) is 2.87. The van der Waals surface area contributed by atoms with Gasteiger partial charge in [0.25, 0.3) is 0 Å².